The number of aryl methyl sites for hydroxylation is 1. The van der Waals surface area contributed by atoms with E-state index in [1.54, 1.807) is 19.2 Å². The first-order valence-electron chi connectivity index (χ1n) is 8.88. The van der Waals surface area contributed by atoms with Gasteiger partial charge in [-0.2, -0.15) is 0 Å². The van der Waals surface area contributed by atoms with E-state index in [1.807, 2.05) is 29.2 Å². The minimum absolute atomic E-state index is 0.111. The van der Waals surface area contributed by atoms with E-state index in [1.165, 1.54) is 13.2 Å². The lowest BCUT2D eigenvalue weighted by Crippen LogP contribution is -2.30. The Morgan fingerprint density at radius 1 is 1.15 bits per heavy atom. The summed E-state index contributed by atoms with van der Waals surface area (Å²) in [4.78, 5) is 14.7. The van der Waals surface area contributed by atoms with Crippen molar-refractivity contribution in [3.05, 3.63) is 59.4 Å². The number of rotatable bonds is 6. The molecule has 1 unspecified atom stereocenters. The average Bonchev–Trinajstić information content (AvgIpc) is 3.16. The summed E-state index contributed by atoms with van der Waals surface area (Å²) in [6.07, 6.45) is 2.86. The van der Waals surface area contributed by atoms with Gasteiger partial charge in [0.05, 0.1) is 20.3 Å². The van der Waals surface area contributed by atoms with Crippen LogP contribution < -0.4 is 9.47 Å². The van der Waals surface area contributed by atoms with Crippen LogP contribution in [0.1, 0.15) is 36.4 Å². The fraction of sp³-hybridized carbons (Fsp3) is 0.381. The van der Waals surface area contributed by atoms with Crippen molar-refractivity contribution in [1.29, 1.82) is 0 Å². The first-order valence-corrected chi connectivity index (χ1v) is 8.88. The van der Waals surface area contributed by atoms with Crippen LogP contribution in [0, 0.1) is 5.82 Å². The van der Waals surface area contributed by atoms with E-state index in [0.29, 0.717) is 12.8 Å². The van der Waals surface area contributed by atoms with Crippen molar-refractivity contribution in [2.75, 3.05) is 20.8 Å². The molecule has 1 saturated heterocycles. The molecular weight excluding hydrogens is 333 g/mol. The quantitative estimate of drug-likeness (QED) is 0.780. The molecule has 4 nitrogen and oxygen atoms in total. The number of likely N-dealkylation sites (tertiary alicyclic amines) is 1. The maximum absolute atomic E-state index is 13.8. The molecule has 0 aliphatic carbocycles. The third-order valence-electron chi connectivity index (χ3n) is 4.92. The summed E-state index contributed by atoms with van der Waals surface area (Å²) >= 11 is 0. The van der Waals surface area contributed by atoms with Gasteiger partial charge in [0.15, 0.2) is 11.6 Å². The van der Waals surface area contributed by atoms with Crippen LogP contribution >= 0.6 is 0 Å². The molecule has 2 aromatic rings. The van der Waals surface area contributed by atoms with E-state index >= 15 is 0 Å². The normalized spacial score (nSPS) is 16.6. The zero-order chi connectivity index (χ0) is 18.5. The van der Waals surface area contributed by atoms with E-state index in [9.17, 15) is 9.18 Å². The summed E-state index contributed by atoms with van der Waals surface area (Å²) < 4.78 is 23.9. The van der Waals surface area contributed by atoms with Gasteiger partial charge in [0.2, 0.25) is 5.91 Å². The molecule has 2 aromatic carbocycles. The topological polar surface area (TPSA) is 38.8 Å². The van der Waals surface area contributed by atoms with E-state index in [0.717, 1.165) is 36.3 Å². The third kappa shape index (κ3) is 3.98. The fourth-order valence-electron chi connectivity index (χ4n) is 3.50. The Morgan fingerprint density at radius 2 is 1.92 bits per heavy atom. The molecule has 5 heteroatoms. The second-order valence-electron chi connectivity index (χ2n) is 6.49. The van der Waals surface area contributed by atoms with Gasteiger partial charge in [-0.05, 0) is 54.7 Å². The molecule has 3 rings (SSSR count). The van der Waals surface area contributed by atoms with Crippen LogP contribution in [0.2, 0.25) is 0 Å². The van der Waals surface area contributed by atoms with Gasteiger partial charge in [0, 0.05) is 13.0 Å². The molecule has 0 spiro atoms. The van der Waals surface area contributed by atoms with Crippen LogP contribution in [0.3, 0.4) is 0 Å². The largest absolute Gasteiger partial charge is 0.497 e. The van der Waals surface area contributed by atoms with Gasteiger partial charge < -0.3 is 14.4 Å². The van der Waals surface area contributed by atoms with Crippen molar-refractivity contribution in [2.24, 2.45) is 0 Å². The van der Waals surface area contributed by atoms with E-state index in [-0.39, 0.29) is 17.7 Å². The second kappa shape index (κ2) is 8.21. The van der Waals surface area contributed by atoms with Crippen LogP contribution in [0.15, 0.2) is 42.5 Å². The van der Waals surface area contributed by atoms with Gasteiger partial charge >= 0.3 is 0 Å². The fourth-order valence-corrected chi connectivity index (χ4v) is 3.50. The lowest BCUT2D eigenvalue weighted by atomic mass is 10.0. The van der Waals surface area contributed by atoms with Crippen LogP contribution in [0.5, 0.6) is 11.5 Å². The number of carbonyl (C=O) groups is 1. The Labute approximate surface area is 153 Å². The van der Waals surface area contributed by atoms with Crippen LogP contribution in [0.4, 0.5) is 4.39 Å². The Balaban J connectivity index is 1.63. The summed E-state index contributed by atoms with van der Waals surface area (Å²) in [5.74, 6) is 0.750. The minimum atomic E-state index is -0.394. The third-order valence-corrected chi connectivity index (χ3v) is 4.92. The molecule has 1 fully saturated rings. The average molecular weight is 357 g/mol. The predicted molar refractivity (Wildman–Crippen MR) is 98.0 cm³/mol. The Bertz CT molecular complexity index is 760. The van der Waals surface area contributed by atoms with Crippen molar-refractivity contribution in [3.63, 3.8) is 0 Å². The Kier molecular flexibility index (Phi) is 5.76. The monoisotopic (exact) mass is 357 g/mol. The van der Waals surface area contributed by atoms with Gasteiger partial charge in [-0.25, -0.2) is 4.39 Å². The summed E-state index contributed by atoms with van der Waals surface area (Å²) in [7, 11) is 3.08. The molecule has 138 valence electrons. The van der Waals surface area contributed by atoms with Crippen molar-refractivity contribution in [2.45, 2.75) is 31.7 Å². The highest BCUT2D eigenvalue weighted by atomic mass is 19.1. The Morgan fingerprint density at radius 3 is 2.58 bits per heavy atom. The molecule has 0 bridgehead atoms. The number of halogens is 1. The summed E-state index contributed by atoms with van der Waals surface area (Å²) in [6, 6.07) is 12.9. The zero-order valence-electron chi connectivity index (χ0n) is 15.2. The summed E-state index contributed by atoms with van der Waals surface area (Å²) in [5, 5.41) is 0. The van der Waals surface area contributed by atoms with Crippen LogP contribution in [-0.2, 0) is 11.2 Å². The number of hydrogen-bond acceptors (Lipinski definition) is 3. The first kappa shape index (κ1) is 18.2. The highest BCUT2D eigenvalue weighted by Crippen LogP contribution is 2.33. The molecule has 0 aromatic heterocycles. The highest BCUT2D eigenvalue weighted by Gasteiger charge is 2.29. The molecule has 0 radical (unpaired) electrons. The molecule has 1 atom stereocenters. The number of benzene rings is 2. The van der Waals surface area contributed by atoms with Crippen LogP contribution in [0.25, 0.3) is 0 Å². The molecule has 26 heavy (non-hydrogen) atoms. The number of ether oxygens (including phenoxy) is 2. The number of hydrogen-bond donors (Lipinski definition) is 0. The maximum Gasteiger partial charge on any atom is 0.223 e. The van der Waals surface area contributed by atoms with Crippen molar-refractivity contribution in [3.8, 4) is 11.5 Å². The lowest BCUT2D eigenvalue weighted by molar-refractivity contribution is -0.132. The SMILES string of the molecule is COc1ccc(C2CCCN2C(=O)CCc2ccc(OC)c(F)c2)cc1. The van der Waals surface area contributed by atoms with Crippen molar-refractivity contribution >= 4 is 5.91 Å². The van der Waals surface area contributed by atoms with Crippen LogP contribution in [-0.4, -0.2) is 31.6 Å². The molecule has 1 aliphatic heterocycles. The number of carbonyl (C=O) groups excluding carboxylic acids is 1. The van der Waals surface area contributed by atoms with Crippen molar-refractivity contribution in [1.82, 2.24) is 4.90 Å². The van der Waals surface area contributed by atoms with Gasteiger partial charge in [-0.1, -0.05) is 18.2 Å². The zero-order valence-corrected chi connectivity index (χ0v) is 15.2. The maximum atomic E-state index is 13.8. The molecule has 0 saturated carbocycles. The van der Waals surface area contributed by atoms with E-state index in [4.69, 9.17) is 9.47 Å². The Hall–Kier alpha value is -2.56. The standard InChI is InChI=1S/C21H24FNO3/c1-25-17-9-7-16(8-10-17)19-4-3-13-23(19)21(24)12-6-15-5-11-20(26-2)18(22)14-15/h5,7-11,14,19H,3-4,6,12-13H2,1-2H3. The van der Waals surface area contributed by atoms with E-state index in [2.05, 4.69) is 0 Å². The van der Waals surface area contributed by atoms with Gasteiger partial charge in [0.1, 0.15) is 5.75 Å². The molecule has 1 amide bonds. The number of nitrogens with zero attached hydrogens (tertiary/aromatic N) is 1. The van der Waals surface area contributed by atoms with Crippen molar-refractivity contribution < 1.29 is 18.7 Å². The predicted octanol–water partition coefficient (Wildman–Crippen LogP) is 4.14. The number of amides is 1. The second-order valence-corrected chi connectivity index (χ2v) is 6.49. The molecule has 1 aliphatic rings. The smallest absolute Gasteiger partial charge is 0.223 e. The summed E-state index contributed by atoms with van der Waals surface area (Å²) in [5.41, 5.74) is 1.93. The molecule has 1 heterocycles. The lowest BCUT2D eigenvalue weighted by Gasteiger charge is -2.25. The highest BCUT2D eigenvalue weighted by molar-refractivity contribution is 5.77. The first-order chi connectivity index (χ1) is 12.6. The molecular formula is C21H24FNO3. The minimum Gasteiger partial charge on any atom is -0.497 e. The molecule has 0 N–H and O–H groups in total. The number of methoxy groups -OCH3 is 2. The van der Waals surface area contributed by atoms with Gasteiger partial charge in [-0.3, -0.25) is 4.79 Å². The summed E-state index contributed by atoms with van der Waals surface area (Å²) in [6.45, 7) is 0.770. The van der Waals surface area contributed by atoms with Gasteiger partial charge in [0.25, 0.3) is 0 Å². The van der Waals surface area contributed by atoms with E-state index < -0.39 is 5.82 Å². The van der Waals surface area contributed by atoms with Gasteiger partial charge in [-0.15, -0.1) is 0 Å².